The largest absolute Gasteiger partial charge is 0.494 e. The fourth-order valence-electron chi connectivity index (χ4n) is 13.7. The van der Waals surface area contributed by atoms with Crippen molar-refractivity contribution in [2.45, 2.75) is 368 Å². The number of rotatable bonds is 63. The lowest BCUT2D eigenvalue weighted by Crippen LogP contribution is -2.21. The van der Waals surface area contributed by atoms with E-state index in [-0.39, 0.29) is 65.7 Å². The van der Waals surface area contributed by atoms with Crippen LogP contribution in [0.15, 0.2) is 146 Å². The first-order chi connectivity index (χ1) is 69.3. The highest BCUT2D eigenvalue weighted by atomic mass is 16.7. The SMILES string of the molecule is CCCCCCOc1ccc(OCCOC(C)OC)cc1.CCCCCCOc1ccccc1OCCOC(C)OC.CCCCCOc1ccc(OCCOC(C)OC)cc1.COC(C)OCCOc1c(C(C)(C)C)cccc1C(C)(C)C.COC(C)OCCOc1c(C(C)C)cccc1C(C)C.COC(C)OCCOc1ccc(C(C)(C)C)cc1C(C)(C)C.COC(C)OCCOc1ccc(C(C)C)cc1C(C)C. The lowest BCUT2D eigenvalue weighted by molar-refractivity contribution is -0.115. The van der Waals surface area contributed by atoms with Gasteiger partial charge in [-0.3, -0.25) is 0 Å². The summed E-state index contributed by atoms with van der Waals surface area (Å²) in [6.45, 7) is 73.3. The lowest BCUT2D eigenvalue weighted by atomic mass is 9.79. The number of hydrogen-bond acceptors (Lipinski definition) is 24. The second kappa shape index (κ2) is 79.1. The van der Waals surface area contributed by atoms with Crippen LogP contribution in [0.3, 0.4) is 0 Å². The maximum atomic E-state index is 6.14. The highest BCUT2D eigenvalue weighted by molar-refractivity contribution is 5.49. The quantitative estimate of drug-likeness (QED) is 0.0255. The summed E-state index contributed by atoms with van der Waals surface area (Å²) in [5, 5.41) is 0. The zero-order chi connectivity index (χ0) is 109. The molecule has 0 aromatic heterocycles. The molecule has 7 aromatic rings. The van der Waals surface area contributed by atoms with Crippen molar-refractivity contribution in [1.29, 1.82) is 0 Å². The highest BCUT2D eigenvalue weighted by Gasteiger charge is 2.28. The van der Waals surface area contributed by atoms with E-state index in [1.54, 1.807) is 49.8 Å². The second-order valence-corrected chi connectivity index (χ2v) is 41.0. The van der Waals surface area contributed by atoms with Gasteiger partial charge in [-0.05, 0) is 230 Å². The Bertz CT molecular complexity index is 4230. The summed E-state index contributed by atoms with van der Waals surface area (Å²) in [7, 11) is 11.4. The van der Waals surface area contributed by atoms with Crippen LogP contribution in [0.1, 0.15) is 347 Å². The number of ether oxygens (including phenoxy) is 24. The molecule has 0 N–H and O–H groups in total. The van der Waals surface area contributed by atoms with Crippen LogP contribution < -0.4 is 47.4 Å². The molecule has 0 fully saturated rings. The number of para-hydroxylation sites is 4. The Morgan fingerprint density at radius 3 is 0.795 bits per heavy atom. The predicted molar refractivity (Wildman–Crippen MR) is 596 cm³/mol. The molecule has 0 saturated carbocycles. The Balaban J connectivity index is 0.000000852. The van der Waals surface area contributed by atoms with E-state index in [9.17, 15) is 0 Å². The summed E-state index contributed by atoms with van der Waals surface area (Å²) in [5.41, 5.74) is 10.4. The van der Waals surface area contributed by atoms with Crippen LogP contribution in [0, 0.1) is 0 Å². The van der Waals surface area contributed by atoms with E-state index in [0.717, 1.165) is 96.6 Å². The van der Waals surface area contributed by atoms with Gasteiger partial charge in [-0.25, -0.2) is 0 Å². The van der Waals surface area contributed by atoms with E-state index >= 15 is 0 Å². The Morgan fingerprint density at radius 2 is 0.479 bits per heavy atom. The van der Waals surface area contributed by atoms with Crippen LogP contribution in [0.5, 0.6) is 57.5 Å². The van der Waals surface area contributed by atoms with Crippen molar-refractivity contribution in [3.05, 3.63) is 190 Å². The molecule has 7 unspecified atom stereocenters. The van der Waals surface area contributed by atoms with Gasteiger partial charge in [0.2, 0.25) is 0 Å². The molecule has 7 aromatic carbocycles. The molecular weight excluding hydrogens is 1850 g/mol. The first-order valence-corrected chi connectivity index (χ1v) is 53.5. The third-order valence-electron chi connectivity index (χ3n) is 23.1. The van der Waals surface area contributed by atoms with E-state index in [1.165, 1.54) is 95.9 Å². The van der Waals surface area contributed by atoms with Gasteiger partial charge in [0.1, 0.15) is 92.2 Å². The van der Waals surface area contributed by atoms with E-state index in [1.807, 2.05) is 121 Å². The van der Waals surface area contributed by atoms with Crippen molar-refractivity contribution in [1.82, 2.24) is 0 Å². The normalized spacial score (nSPS) is 12.9. The summed E-state index contributed by atoms with van der Waals surface area (Å²) < 4.78 is 131. The van der Waals surface area contributed by atoms with Crippen molar-refractivity contribution in [2.24, 2.45) is 0 Å². The molecule has 0 bridgehead atoms. The fraction of sp³-hybridized carbons (Fsp3) is 0.656. The van der Waals surface area contributed by atoms with Gasteiger partial charge in [-0.1, -0.05) is 283 Å². The Hall–Kier alpha value is -8.02. The molecule has 146 heavy (non-hydrogen) atoms. The zero-order valence-corrected chi connectivity index (χ0v) is 97.8. The molecule has 834 valence electrons. The van der Waals surface area contributed by atoms with Crippen molar-refractivity contribution >= 4 is 0 Å². The minimum Gasteiger partial charge on any atom is -0.494 e. The van der Waals surface area contributed by atoms with Crippen molar-refractivity contribution < 1.29 is 114 Å². The van der Waals surface area contributed by atoms with Crippen molar-refractivity contribution in [3.8, 4) is 57.5 Å². The molecule has 0 aliphatic heterocycles. The molecule has 7 rings (SSSR count). The molecular formula is C122H202O24. The molecule has 0 heterocycles. The number of benzene rings is 7. The molecule has 7 atom stereocenters. The highest BCUT2D eigenvalue weighted by Crippen LogP contribution is 2.42. The van der Waals surface area contributed by atoms with E-state index < -0.39 is 0 Å². The molecule has 0 saturated heterocycles. The third kappa shape index (κ3) is 61.9. The summed E-state index contributed by atoms with van der Waals surface area (Å²) in [6, 6.07) is 49.0. The monoisotopic (exact) mass is 2050 g/mol. The van der Waals surface area contributed by atoms with E-state index in [4.69, 9.17) is 114 Å². The molecule has 0 spiro atoms. The van der Waals surface area contributed by atoms with Crippen LogP contribution in [0.2, 0.25) is 0 Å². The van der Waals surface area contributed by atoms with Crippen LogP contribution in [0.25, 0.3) is 0 Å². The maximum Gasteiger partial charge on any atom is 0.161 e. The lowest BCUT2D eigenvalue weighted by Gasteiger charge is -2.29. The number of unbranched alkanes of at least 4 members (excludes halogenated alkanes) is 8. The van der Waals surface area contributed by atoms with Gasteiger partial charge in [0.15, 0.2) is 55.5 Å². The fourth-order valence-corrected chi connectivity index (χ4v) is 13.7. The Labute approximate surface area is 886 Å². The average molecular weight is 2050 g/mol. The van der Waals surface area contributed by atoms with Gasteiger partial charge in [-0.2, -0.15) is 0 Å². The van der Waals surface area contributed by atoms with Crippen molar-refractivity contribution in [2.75, 3.05) is 162 Å². The summed E-state index contributed by atoms with van der Waals surface area (Å²) in [6.07, 6.45) is 11.8. The minimum atomic E-state index is -0.210. The van der Waals surface area contributed by atoms with Crippen LogP contribution in [0.4, 0.5) is 0 Å². The van der Waals surface area contributed by atoms with Crippen LogP contribution in [-0.4, -0.2) is 206 Å². The first kappa shape index (κ1) is 136. The van der Waals surface area contributed by atoms with Gasteiger partial charge in [0.25, 0.3) is 0 Å². The molecule has 0 radical (unpaired) electrons. The molecule has 24 heteroatoms. The number of methoxy groups -OCH3 is 7. The second-order valence-electron chi connectivity index (χ2n) is 41.0. The smallest absolute Gasteiger partial charge is 0.161 e. The van der Waals surface area contributed by atoms with Gasteiger partial charge >= 0.3 is 0 Å². The standard InChI is InChI=1S/2C19H32O3.2C17H28O4.2C17H28O3.C16H26O4/c1-14(20-8)21-11-12-22-17-10-9-15(18(2,3)4)13-16(17)19(5,6)7;1-14(20-8)21-12-13-22-17-15(18(2,3)4)10-9-11-16(17)19(5,6)7;1-4-5-6-9-12-20-16-10-7-8-11-17(16)21-14-13-19-15(2)18-3;1-4-5-6-7-12-20-16-8-10-17(11-9-16)21-14-13-19-15(2)18-3;1-12(2)15-7-8-17(16(11-15)13(3)4)20-10-9-19-14(5)18-6;1-12(2)15-8-7-9-16(13(3)4)17(15)20-11-10-19-14(5)18-6;1-4-5-6-11-19-15-7-9-16(10-8-15)20-13-12-18-14(2)17-3/h9-10,13-14H,11-12H2,1-8H3;9-11,14H,12-13H2,1-8H3;7-8,10-11,15H,4-6,9,12-14H2,1-3H3;8-11,15H,4-7,12-14H2,1-3H3;7-8,11-14H,9-10H2,1-6H3;7-9,12-14H,10-11H2,1-6H3;7-10,14H,4-6,11-13H2,1-3H3. The predicted octanol–water partition coefficient (Wildman–Crippen LogP) is 29.7. The maximum absolute atomic E-state index is 6.14. The molecule has 0 amide bonds. The summed E-state index contributed by atoms with van der Waals surface area (Å²) in [4.78, 5) is 0. The summed E-state index contributed by atoms with van der Waals surface area (Å²) in [5.74, 6) is 10.8. The van der Waals surface area contributed by atoms with Crippen molar-refractivity contribution in [3.63, 3.8) is 0 Å². The van der Waals surface area contributed by atoms with Gasteiger partial charge in [0, 0.05) is 49.8 Å². The van der Waals surface area contributed by atoms with Gasteiger partial charge in [0.05, 0.1) is 66.1 Å². The molecule has 24 nitrogen and oxygen atoms in total. The average Bonchev–Trinajstić information content (AvgIpc) is 0.784. The van der Waals surface area contributed by atoms with E-state index in [2.05, 4.69) is 232 Å². The zero-order valence-electron chi connectivity index (χ0n) is 97.8. The minimum absolute atomic E-state index is 0.0390. The first-order valence-electron chi connectivity index (χ1n) is 53.5. The van der Waals surface area contributed by atoms with Gasteiger partial charge in [-0.15, -0.1) is 0 Å². The molecule has 0 aliphatic rings. The topological polar surface area (TPSA) is 222 Å². The number of hydrogen-bond donors (Lipinski definition) is 0. The summed E-state index contributed by atoms with van der Waals surface area (Å²) >= 11 is 0. The van der Waals surface area contributed by atoms with E-state index in [0.29, 0.717) is 116 Å². The Morgan fingerprint density at radius 1 is 0.205 bits per heavy atom. The van der Waals surface area contributed by atoms with Gasteiger partial charge < -0.3 is 114 Å². The Kier molecular flexibility index (Phi) is 73.6. The van der Waals surface area contributed by atoms with Crippen LogP contribution in [-0.2, 0) is 88.0 Å². The van der Waals surface area contributed by atoms with Crippen LogP contribution >= 0.6 is 0 Å². The third-order valence-corrected chi connectivity index (χ3v) is 23.1. The molecule has 0 aliphatic carbocycles.